The Labute approximate surface area is 141 Å². The van der Waals surface area contributed by atoms with Crippen molar-refractivity contribution >= 4 is 17.5 Å². The van der Waals surface area contributed by atoms with Gasteiger partial charge in [0.15, 0.2) is 0 Å². The molecule has 0 heterocycles. The van der Waals surface area contributed by atoms with E-state index in [0.29, 0.717) is 5.69 Å². The van der Waals surface area contributed by atoms with Crippen LogP contribution in [0.15, 0.2) is 54.6 Å². The minimum Gasteiger partial charge on any atom is -0.387 e. The Morgan fingerprint density at radius 3 is 2.12 bits per heavy atom. The smallest absolute Gasteiger partial charge is 0.387 e. The quantitative estimate of drug-likeness (QED) is 0.740. The molecule has 0 aliphatic carbocycles. The zero-order chi connectivity index (χ0) is 18.4. The second-order valence-electron chi connectivity index (χ2n) is 5.17. The van der Waals surface area contributed by atoms with Gasteiger partial charge < -0.3 is 15.7 Å². The lowest BCUT2D eigenvalue weighted by Crippen LogP contribution is -2.37. The minimum absolute atomic E-state index is 0.191. The average molecular weight is 352 g/mol. The summed E-state index contributed by atoms with van der Waals surface area (Å²) in [6.45, 7) is -0.313. The third-order valence-electron chi connectivity index (χ3n) is 3.32. The number of anilines is 1. The molecule has 0 bridgehead atoms. The molecule has 0 saturated carbocycles. The van der Waals surface area contributed by atoms with E-state index < -0.39 is 29.7 Å². The Hall–Kier alpha value is -2.87. The van der Waals surface area contributed by atoms with Gasteiger partial charge in [-0.2, -0.15) is 13.2 Å². The van der Waals surface area contributed by atoms with Crippen LogP contribution >= 0.6 is 0 Å². The standard InChI is InChI=1S/C17H15F3N2O3/c18-17(19,20)12-8-6-11(7-9-12)14(23)10-21-15(24)16(25)22-13-4-2-1-3-5-13/h1-9,14,23H,10H2,(H,21,24)(H,22,25). The fourth-order valence-electron chi connectivity index (χ4n) is 1.99. The van der Waals surface area contributed by atoms with Crippen LogP contribution in [0, 0.1) is 0 Å². The molecule has 1 atom stereocenters. The number of alkyl halides is 3. The maximum Gasteiger partial charge on any atom is 0.416 e. The van der Waals surface area contributed by atoms with Crippen molar-refractivity contribution in [3.8, 4) is 0 Å². The number of nitrogens with one attached hydrogen (secondary N) is 2. The Kier molecular flexibility index (Phi) is 5.76. The SMILES string of the molecule is O=C(NCC(O)c1ccc(C(F)(F)F)cc1)C(=O)Nc1ccccc1. The minimum atomic E-state index is -4.47. The molecular weight excluding hydrogens is 337 g/mol. The number of hydrogen-bond acceptors (Lipinski definition) is 3. The van der Waals surface area contributed by atoms with Crippen LogP contribution in [0.5, 0.6) is 0 Å². The molecule has 2 amide bonds. The fraction of sp³-hybridized carbons (Fsp3) is 0.176. The van der Waals surface area contributed by atoms with Crippen LogP contribution in [0.4, 0.5) is 18.9 Å². The van der Waals surface area contributed by atoms with Crippen LogP contribution in [-0.4, -0.2) is 23.5 Å². The Balaban J connectivity index is 1.87. The second-order valence-corrected chi connectivity index (χ2v) is 5.17. The Morgan fingerprint density at radius 1 is 0.960 bits per heavy atom. The summed E-state index contributed by atoms with van der Waals surface area (Å²) in [6.07, 6.45) is -5.71. The molecule has 0 fully saturated rings. The Morgan fingerprint density at radius 2 is 1.56 bits per heavy atom. The highest BCUT2D eigenvalue weighted by molar-refractivity contribution is 6.39. The molecule has 25 heavy (non-hydrogen) atoms. The zero-order valence-corrected chi connectivity index (χ0v) is 12.9. The lowest BCUT2D eigenvalue weighted by Gasteiger charge is -2.13. The molecule has 0 radical (unpaired) electrons. The van der Waals surface area contributed by atoms with Crippen LogP contribution in [0.1, 0.15) is 17.2 Å². The highest BCUT2D eigenvalue weighted by Gasteiger charge is 2.30. The lowest BCUT2D eigenvalue weighted by molar-refractivity contribution is -0.137. The maximum atomic E-state index is 12.5. The number of para-hydroxylation sites is 1. The van der Waals surface area contributed by atoms with E-state index in [0.717, 1.165) is 24.3 Å². The first-order valence-electron chi connectivity index (χ1n) is 7.27. The van der Waals surface area contributed by atoms with Crippen molar-refractivity contribution in [1.29, 1.82) is 0 Å². The molecule has 0 aliphatic heterocycles. The number of aliphatic hydroxyl groups excluding tert-OH is 1. The van der Waals surface area contributed by atoms with Gasteiger partial charge in [-0.1, -0.05) is 30.3 Å². The average Bonchev–Trinajstić information content (AvgIpc) is 2.59. The first-order valence-corrected chi connectivity index (χ1v) is 7.27. The van der Waals surface area contributed by atoms with E-state index in [1.54, 1.807) is 30.3 Å². The number of rotatable bonds is 4. The summed E-state index contributed by atoms with van der Waals surface area (Å²) >= 11 is 0. The zero-order valence-electron chi connectivity index (χ0n) is 12.9. The van der Waals surface area contributed by atoms with Gasteiger partial charge in [0.05, 0.1) is 11.7 Å². The van der Waals surface area contributed by atoms with E-state index in [4.69, 9.17) is 0 Å². The number of carbonyl (C=O) groups is 2. The van der Waals surface area contributed by atoms with Gasteiger partial charge in [-0.15, -0.1) is 0 Å². The van der Waals surface area contributed by atoms with Crippen LogP contribution in [0.25, 0.3) is 0 Å². The van der Waals surface area contributed by atoms with Crippen molar-refractivity contribution in [3.63, 3.8) is 0 Å². The molecule has 0 saturated heterocycles. The molecule has 2 rings (SSSR count). The fourth-order valence-corrected chi connectivity index (χ4v) is 1.99. The number of amides is 2. The first kappa shape index (κ1) is 18.5. The molecule has 0 aromatic heterocycles. The van der Waals surface area contributed by atoms with Gasteiger partial charge in [0.1, 0.15) is 0 Å². The summed E-state index contributed by atoms with van der Waals surface area (Å²) in [5, 5.41) is 14.5. The molecule has 8 heteroatoms. The van der Waals surface area contributed by atoms with E-state index in [1.807, 2.05) is 0 Å². The molecular formula is C17H15F3N2O3. The molecule has 3 N–H and O–H groups in total. The van der Waals surface area contributed by atoms with Crippen molar-refractivity contribution in [1.82, 2.24) is 5.32 Å². The van der Waals surface area contributed by atoms with E-state index in [-0.39, 0.29) is 12.1 Å². The van der Waals surface area contributed by atoms with Crippen molar-refractivity contribution in [2.24, 2.45) is 0 Å². The van der Waals surface area contributed by atoms with Crippen LogP contribution in [0.3, 0.4) is 0 Å². The molecule has 2 aromatic rings. The van der Waals surface area contributed by atoms with Gasteiger partial charge in [0.2, 0.25) is 0 Å². The van der Waals surface area contributed by atoms with Crippen molar-refractivity contribution in [2.75, 3.05) is 11.9 Å². The highest BCUT2D eigenvalue weighted by Crippen LogP contribution is 2.29. The van der Waals surface area contributed by atoms with Gasteiger partial charge in [-0.3, -0.25) is 9.59 Å². The van der Waals surface area contributed by atoms with Gasteiger partial charge in [0.25, 0.3) is 0 Å². The topological polar surface area (TPSA) is 78.4 Å². The van der Waals surface area contributed by atoms with Crippen molar-refractivity contribution < 1.29 is 27.9 Å². The van der Waals surface area contributed by atoms with Gasteiger partial charge in [-0.25, -0.2) is 0 Å². The summed E-state index contributed by atoms with van der Waals surface area (Å²) in [5.41, 5.74) is -0.211. The number of carbonyl (C=O) groups excluding carboxylic acids is 2. The lowest BCUT2D eigenvalue weighted by atomic mass is 10.1. The molecule has 2 aromatic carbocycles. The predicted molar refractivity (Wildman–Crippen MR) is 84.5 cm³/mol. The largest absolute Gasteiger partial charge is 0.416 e. The summed E-state index contributed by atoms with van der Waals surface area (Å²) in [4.78, 5) is 23.4. The van der Waals surface area contributed by atoms with Gasteiger partial charge in [0, 0.05) is 12.2 Å². The van der Waals surface area contributed by atoms with E-state index in [2.05, 4.69) is 10.6 Å². The van der Waals surface area contributed by atoms with E-state index in [1.165, 1.54) is 0 Å². The second kappa shape index (κ2) is 7.80. The third kappa shape index (κ3) is 5.32. The summed E-state index contributed by atoms with van der Waals surface area (Å²) in [7, 11) is 0. The predicted octanol–water partition coefficient (Wildman–Crippen LogP) is 2.49. The molecule has 132 valence electrons. The van der Waals surface area contributed by atoms with Crippen LogP contribution in [-0.2, 0) is 15.8 Å². The summed E-state index contributed by atoms with van der Waals surface area (Å²) < 4.78 is 37.4. The third-order valence-corrected chi connectivity index (χ3v) is 3.32. The van der Waals surface area contributed by atoms with Gasteiger partial charge >= 0.3 is 18.0 Å². The first-order chi connectivity index (χ1) is 11.8. The molecule has 0 aliphatic rings. The monoisotopic (exact) mass is 352 g/mol. The molecule has 5 nitrogen and oxygen atoms in total. The number of hydrogen-bond donors (Lipinski definition) is 3. The molecule has 1 unspecified atom stereocenters. The van der Waals surface area contributed by atoms with E-state index >= 15 is 0 Å². The summed E-state index contributed by atoms with van der Waals surface area (Å²) in [5.74, 6) is -1.87. The van der Waals surface area contributed by atoms with Gasteiger partial charge in [-0.05, 0) is 29.8 Å². The van der Waals surface area contributed by atoms with Crippen LogP contribution < -0.4 is 10.6 Å². The van der Waals surface area contributed by atoms with Crippen LogP contribution in [0.2, 0.25) is 0 Å². The number of halogens is 3. The normalized spacial score (nSPS) is 12.3. The van der Waals surface area contributed by atoms with Crippen molar-refractivity contribution in [3.05, 3.63) is 65.7 Å². The summed E-state index contributed by atoms with van der Waals surface area (Å²) in [6, 6.07) is 12.2. The molecule has 0 spiro atoms. The maximum absolute atomic E-state index is 12.5. The van der Waals surface area contributed by atoms with Crippen molar-refractivity contribution in [2.45, 2.75) is 12.3 Å². The highest BCUT2D eigenvalue weighted by atomic mass is 19.4. The number of benzene rings is 2. The Bertz CT molecular complexity index is 731. The van der Waals surface area contributed by atoms with E-state index in [9.17, 15) is 27.9 Å². The number of aliphatic hydroxyl groups is 1.